The zero-order chi connectivity index (χ0) is 12.7. The molecule has 0 aliphatic carbocycles. The second-order valence-electron chi connectivity index (χ2n) is 3.73. The molecule has 0 bridgehead atoms. The Morgan fingerprint density at radius 3 is 2.76 bits per heavy atom. The minimum atomic E-state index is -3.20. The molecule has 0 amide bonds. The van der Waals surface area contributed by atoms with E-state index in [1.807, 2.05) is 6.07 Å². The summed E-state index contributed by atoms with van der Waals surface area (Å²) in [5, 5.41) is 3.52. The van der Waals surface area contributed by atoms with Gasteiger partial charge in [-0.2, -0.15) is 0 Å². The van der Waals surface area contributed by atoms with E-state index >= 15 is 0 Å². The Bertz CT molecular complexity index is 449. The van der Waals surface area contributed by atoms with E-state index in [0.717, 1.165) is 5.56 Å². The van der Waals surface area contributed by atoms with Crippen molar-refractivity contribution in [1.82, 2.24) is 10.0 Å². The fourth-order valence-corrected chi connectivity index (χ4v) is 2.62. The summed E-state index contributed by atoms with van der Waals surface area (Å²) in [5.41, 5.74) is 0.856. The van der Waals surface area contributed by atoms with Gasteiger partial charge in [-0.05, 0) is 37.7 Å². The predicted octanol–water partition coefficient (Wildman–Crippen LogP) is 1.37. The van der Waals surface area contributed by atoms with Gasteiger partial charge in [0, 0.05) is 11.6 Å². The lowest BCUT2D eigenvalue weighted by Crippen LogP contribution is -2.27. The topological polar surface area (TPSA) is 58.2 Å². The van der Waals surface area contributed by atoms with Crippen LogP contribution in [-0.2, 0) is 16.6 Å². The van der Waals surface area contributed by atoms with Crippen molar-refractivity contribution in [3.05, 3.63) is 34.9 Å². The number of hydrogen-bond acceptors (Lipinski definition) is 3. The quantitative estimate of drug-likeness (QED) is 0.740. The molecular formula is C11H17ClN2O2S. The molecule has 1 aromatic carbocycles. The molecule has 0 saturated heterocycles. The number of benzene rings is 1. The molecule has 0 spiro atoms. The first-order valence-electron chi connectivity index (χ1n) is 5.40. The largest absolute Gasteiger partial charge is 0.320 e. The molecule has 0 unspecified atom stereocenters. The third-order valence-electron chi connectivity index (χ3n) is 2.23. The highest BCUT2D eigenvalue weighted by Gasteiger charge is 2.08. The fourth-order valence-electron chi connectivity index (χ4n) is 1.35. The molecule has 4 nitrogen and oxygen atoms in total. The predicted molar refractivity (Wildman–Crippen MR) is 70.6 cm³/mol. The number of nitrogens with one attached hydrogen (secondary N) is 2. The van der Waals surface area contributed by atoms with E-state index in [1.54, 1.807) is 25.2 Å². The lowest BCUT2D eigenvalue weighted by atomic mass is 10.2. The molecule has 0 radical (unpaired) electrons. The van der Waals surface area contributed by atoms with Gasteiger partial charge in [0.05, 0.1) is 5.75 Å². The Balaban J connectivity index is 2.44. The third-order valence-corrected chi connectivity index (χ3v) is 3.87. The summed E-state index contributed by atoms with van der Waals surface area (Å²) in [6, 6.07) is 7.14. The molecule has 0 aliphatic heterocycles. The van der Waals surface area contributed by atoms with Crippen LogP contribution in [0.3, 0.4) is 0 Å². The lowest BCUT2D eigenvalue weighted by Gasteiger charge is -2.06. The van der Waals surface area contributed by atoms with Crippen molar-refractivity contribution in [2.75, 3.05) is 19.3 Å². The molecule has 96 valence electrons. The SMILES string of the molecule is CNCCCS(=O)(=O)NCc1cccc(Cl)c1. The molecule has 0 atom stereocenters. The van der Waals surface area contributed by atoms with Crippen LogP contribution in [0.25, 0.3) is 0 Å². The zero-order valence-electron chi connectivity index (χ0n) is 9.74. The summed E-state index contributed by atoms with van der Waals surface area (Å²) in [6.45, 7) is 0.973. The second-order valence-corrected chi connectivity index (χ2v) is 6.09. The van der Waals surface area contributed by atoms with Crippen LogP contribution >= 0.6 is 11.6 Å². The van der Waals surface area contributed by atoms with E-state index in [1.165, 1.54) is 0 Å². The maximum absolute atomic E-state index is 11.6. The molecule has 0 aromatic heterocycles. The Kier molecular flexibility index (Phi) is 5.91. The minimum absolute atomic E-state index is 0.133. The van der Waals surface area contributed by atoms with Crippen molar-refractivity contribution in [2.45, 2.75) is 13.0 Å². The van der Waals surface area contributed by atoms with Crippen LogP contribution in [0, 0.1) is 0 Å². The highest BCUT2D eigenvalue weighted by atomic mass is 35.5. The first-order valence-corrected chi connectivity index (χ1v) is 7.43. The molecule has 1 rings (SSSR count). The van der Waals surface area contributed by atoms with Crippen molar-refractivity contribution in [2.24, 2.45) is 0 Å². The average Bonchev–Trinajstić information content (AvgIpc) is 2.27. The summed E-state index contributed by atoms with van der Waals surface area (Å²) in [4.78, 5) is 0. The van der Waals surface area contributed by atoms with E-state index in [2.05, 4.69) is 10.0 Å². The van der Waals surface area contributed by atoms with Gasteiger partial charge >= 0.3 is 0 Å². The van der Waals surface area contributed by atoms with Crippen LogP contribution in [-0.4, -0.2) is 27.8 Å². The fraction of sp³-hybridized carbons (Fsp3) is 0.455. The number of sulfonamides is 1. The van der Waals surface area contributed by atoms with Gasteiger partial charge in [-0.15, -0.1) is 0 Å². The van der Waals surface area contributed by atoms with E-state index in [0.29, 0.717) is 18.0 Å². The molecule has 0 heterocycles. The second kappa shape index (κ2) is 6.96. The van der Waals surface area contributed by atoms with Gasteiger partial charge in [-0.25, -0.2) is 13.1 Å². The van der Waals surface area contributed by atoms with Crippen LogP contribution in [0.2, 0.25) is 5.02 Å². The summed E-state index contributed by atoms with van der Waals surface area (Å²) in [7, 11) is -1.40. The van der Waals surface area contributed by atoms with Crippen molar-refractivity contribution in [3.8, 4) is 0 Å². The van der Waals surface area contributed by atoms with Crippen LogP contribution in [0.5, 0.6) is 0 Å². The van der Waals surface area contributed by atoms with Crippen LogP contribution < -0.4 is 10.0 Å². The van der Waals surface area contributed by atoms with Gasteiger partial charge in [0.15, 0.2) is 0 Å². The first-order chi connectivity index (χ1) is 8.03. The van der Waals surface area contributed by atoms with Gasteiger partial charge in [0.25, 0.3) is 0 Å². The molecule has 17 heavy (non-hydrogen) atoms. The molecule has 1 aromatic rings. The van der Waals surface area contributed by atoms with Crippen molar-refractivity contribution < 1.29 is 8.42 Å². The average molecular weight is 277 g/mol. The van der Waals surface area contributed by atoms with E-state index in [-0.39, 0.29) is 12.3 Å². The van der Waals surface area contributed by atoms with Crippen LogP contribution in [0.1, 0.15) is 12.0 Å². The van der Waals surface area contributed by atoms with Crippen molar-refractivity contribution in [1.29, 1.82) is 0 Å². The Morgan fingerprint density at radius 2 is 2.12 bits per heavy atom. The first kappa shape index (κ1) is 14.4. The molecule has 6 heteroatoms. The monoisotopic (exact) mass is 276 g/mol. The smallest absolute Gasteiger partial charge is 0.211 e. The van der Waals surface area contributed by atoms with Gasteiger partial charge in [-0.1, -0.05) is 23.7 Å². The maximum Gasteiger partial charge on any atom is 0.211 e. The van der Waals surface area contributed by atoms with E-state index in [9.17, 15) is 8.42 Å². The van der Waals surface area contributed by atoms with Crippen molar-refractivity contribution in [3.63, 3.8) is 0 Å². The highest BCUT2D eigenvalue weighted by molar-refractivity contribution is 7.89. The van der Waals surface area contributed by atoms with Gasteiger partial charge in [0.2, 0.25) is 10.0 Å². The zero-order valence-corrected chi connectivity index (χ0v) is 11.3. The van der Waals surface area contributed by atoms with E-state index < -0.39 is 10.0 Å². The number of rotatable bonds is 7. The summed E-state index contributed by atoms with van der Waals surface area (Å²) in [5.74, 6) is 0.133. The Morgan fingerprint density at radius 1 is 1.35 bits per heavy atom. The van der Waals surface area contributed by atoms with Crippen molar-refractivity contribution >= 4 is 21.6 Å². The molecule has 2 N–H and O–H groups in total. The van der Waals surface area contributed by atoms with Gasteiger partial charge in [0.1, 0.15) is 0 Å². The number of hydrogen-bond donors (Lipinski definition) is 2. The Hall–Kier alpha value is -0.620. The normalized spacial score (nSPS) is 11.6. The minimum Gasteiger partial charge on any atom is -0.320 e. The standard InChI is InChI=1S/C11H17ClN2O2S/c1-13-6-3-7-17(15,16)14-9-10-4-2-5-11(12)8-10/h2,4-5,8,13-14H,3,6-7,9H2,1H3. The Labute approximate surface area is 107 Å². The maximum atomic E-state index is 11.6. The van der Waals surface area contributed by atoms with Gasteiger partial charge in [-0.3, -0.25) is 0 Å². The summed E-state index contributed by atoms with van der Waals surface area (Å²) in [6.07, 6.45) is 0.599. The lowest BCUT2D eigenvalue weighted by molar-refractivity contribution is 0.577. The van der Waals surface area contributed by atoms with Crippen LogP contribution in [0.15, 0.2) is 24.3 Å². The van der Waals surface area contributed by atoms with Crippen LogP contribution in [0.4, 0.5) is 0 Å². The molecular weight excluding hydrogens is 260 g/mol. The van der Waals surface area contributed by atoms with Gasteiger partial charge < -0.3 is 5.32 Å². The molecule has 0 fully saturated rings. The molecule has 0 saturated carbocycles. The number of halogens is 1. The van der Waals surface area contributed by atoms with E-state index in [4.69, 9.17) is 11.6 Å². The highest BCUT2D eigenvalue weighted by Crippen LogP contribution is 2.10. The summed E-state index contributed by atoms with van der Waals surface area (Å²) >= 11 is 5.81. The molecule has 0 aliphatic rings. The third kappa shape index (κ3) is 6.02. The summed E-state index contributed by atoms with van der Waals surface area (Å²) < 4.78 is 25.7.